The minimum Gasteiger partial charge on any atom is -0.462 e. The van der Waals surface area contributed by atoms with Crippen LogP contribution < -0.4 is 0 Å². The number of esters is 1. The Morgan fingerprint density at radius 2 is 1.81 bits per heavy atom. The molecule has 0 bridgehead atoms. The molecule has 4 aliphatic rings. The van der Waals surface area contributed by atoms with E-state index in [-0.39, 0.29) is 16.8 Å². The lowest BCUT2D eigenvalue weighted by Crippen LogP contribution is -2.52. The van der Waals surface area contributed by atoms with Crippen molar-refractivity contribution in [1.82, 2.24) is 0 Å². The van der Waals surface area contributed by atoms with Gasteiger partial charge in [0.05, 0.1) is 0 Å². The molecule has 21 heavy (non-hydrogen) atoms. The Labute approximate surface area is 126 Å². The molecular formula is C18H24O3. The first kappa shape index (κ1) is 13.5. The first-order chi connectivity index (χ1) is 9.95. The third-order valence-electron chi connectivity index (χ3n) is 7.25. The van der Waals surface area contributed by atoms with E-state index in [4.69, 9.17) is 4.74 Å². The van der Waals surface area contributed by atoms with E-state index in [1.165, 1.54) is 5.57 Å². The molecule has 3 heteroatoms. The minimum atomic E-state index is -0.169. The lowest BCUT2D eigenvalue weighted by Gasteiger charge is -2.56. The number of Topliss-reactive ketones (excluding diaryl/α,β-unsaturated/α-hetero) is 1. The molecule has 0 aromatic rings. The maximum atomic E-state index is 12.3. The van der Waals surface area contributed by atoms with Gasteiger partial charge in [0.15, 0.2) is 0 Å². The van der Waals surface area contributed by atoms with Crippen LogP contribution in [0.3, 0.4) is 0 Å². The van der Waals surface area contributed by atoms with Gasteiger partial charge >= 0.3 is 5.97 Å². The van der Waals surface area contributed by atoms with Gasteiger partial charge in [-0.05, 0) is 49.9 Å². The molecule has 0 spiro atoms. The fraction of sp³-hybridized carbons (Fsp3) is 0.778. The van der Waals surface area contributed by atoms with Gasteiger partial charge in [-0.15, -0.1) is 0 Å². The summed E-state index contributed by atoms with van der Waals surface area (Å²) in [7, 11) is 0. The van der Waals surface area contributed by atoms with Crippen molar-refractivity contribution < 1.29 is 14.3 Å². The van der Waals surface area contributed by atoms with Gasteiger partial charge in [0.25, 0.3) is 0 Å². The smallest absolute Gasteiger partial charge is 0.330 e. The van der Waals surface area contributed by atoms with Crippen LogP contribution in [0.4, 0.5) is 0 Å². The lowest BCUT2D eigenvalue weighted by molar-refractivity contribution is -0.148. The van der Waals surface area contributed by atoms with Gasteiger partial charge < -0.3 is 4.74 Å². The summed E-state index contributed by atoms with van der Waals surface area (Å²) in [6.45, 7) is 5.02. The standard InChI is InChI=1S/C18H24O3/c1-17-8-7-14-12(13(17)5-6-15(17)19)4-3-11-9-16(20)21-10-18(11,14)2/h9,12-14H,3-8,10H2,1-2H3/t12-,13-,14-,17-,18-/m0/s1. The van der Waals surface area contributed by atoms with Gasteiger partial charge in [-0.25, -0.2) is 4.79 Å². The molecule has 5 atom stereocenters. The summed E-state index contributed by atoms with van der Waals surface area (Å²) >= 11 is 0. The molecule has 3 fully saturated rings. The van der Waals surface area contributed by atoms with Crippen molar-refractivity contribution in [1.29, 1.82) is 0 Å². The Morgan fingerprint density at radius 1 is 1.05 bits per heavy atom. The van der Waals surface area contributed by atoms with Crippen molar-refractivity contribution in [3.63, 3.8) is 0 Å². The quantitative estimate of drug-likeness (QED) is 0.642. The Kier molecular flexibility index (Phi) is 2.71. The van der Waals surface area contributed by atoms with Crippen LogP contribution in [0, 0.1) is 28.6 Å². The van der Waals surface area contributed by atoms with E-state index < -0.39 is 0 Å². The number of hydrogen-bond acceptors (Lipinski definition) is 3. The second kappa shape index (κ2) is 4.21. The summed E-state index contributed by atoms with van der Waals surface area (Å²) < 4.78 is 5.37. The molecule has 4 rings (SSSR count). The summed E-state index contributed by atoms with van der Waals surface area (Å²) in [4.78, 5) is 23.9. The zero-order valence-corrected chi connectivity index (χ0v) is 13.0. The zero-order chi connectivity index (χ0) is 14.8. The number of hydrogen-bond donors (Lipinski definition) is 0. The molecular weight excluding hydrogens is 264 g/mol. The van der Waals surface area contributed by atoms with E-state index >= 15 is 0 Å². The van der Waals surface area contributed by atoms with Crippen LogP contribution in [-0.4, -0.2) is 18.4 Å². The highest BCUT2D eigenvalue weighted by atomic mass is 16.5. The Balaban J connectivity index is 1.70. The molecule has 0 saturated heterocycles. The Bertz CT molecular complexity index is 549. The third kappa shape index (κ3) is 1.66. The van der Waals surface area contributed by atoms with Crippen LogP contribution in [0.25, 0.3) is 0 Å². The number of carbonyl (C=O) groups is 2. The molecule has 3 aliphatic carbocycles. The van der Waals surface area contributed by atoms with Crippen molar-refractivity contribution >= 4 is 11.8 Å². The largest absolute Gasteiger partial charge is 0.462 e. The van der Waals surface area contributed by atoms with Crippen molar-refractivity contribution in [2.45, 2.75) is 52.4 Å². The molecule has 0 amide bonds. The van der Waals surface area contributed by atoms with E-state index in [9.17, 15) is 9.59 Å². The normalized spacial score (nSPS) is 48.9. The highest BCUT2D eigenvalue weighted by Crippen LogP contribution is 2.63. The molecule has 3 nitrogen and oxygen atoms in total. The number of ketones is 1. The fourth-order valence-electron chi connectivity index (χ4n) is 5.94. The maximum absolute atomic E-state index is 12.3. The first-order valence-electron chi connectivity index (χ1n) is 8.36. The molecule has 0 aromatic heterocycles. The second-order valence-electron chi connectivity index (χ2n) is 8.03. The number of cyclic esters (lactones) is 1. The molecule has 114 valence electrons. The van der Waals surface area contributed by atoms with E-state index in [0.29, 0.717) is 30.1 Å². The zero-order valence-electron chi connectivity index (χ0n) is 13.0. The number of carbonyl (C=O) groups excluding carboxylic acids is 2. The van der Waals surface area contributed by atoms with Gasteiger partial charge in [0, 0.05) is 23.3 Å². The van der Waals surface area contributed by atoms with Gasteiger partial charge in [-0.3, -0.25) is 4.79 Å². The topological polar surface area (TPSA) is 43.4 Å². The number of ether oxygens (including phenoxy) is 1. The average molecular weight is 288 g/mol. The highest BCUT2D eigenvalue weighted by Gasteiger charge is 2.59. The predicted molar refractivity (Wildman–Crippen MR) is 78.4 cm³/mol. The third-order valence-corrected chi connectivity index (χ3v) is 7.25. The van der Waals surface area contributed by atoms with Crippen LogP contribution in [0.15, 0.2) is 11.6 Å². The van der Waals surface area contributed by atoms with Crippen molar-refractivity contribution in [2.24, 2.45) is 28.6 Å². The lowest BCUT2D eigenvalue weighted by atomic mass is 9.49. The maximum Gasteiger partial charge on any atom is 0.330 e. The van der Waals surface area contributed by atoms with E-state index in [2.05, 4.69) is 13.8 Å². The second-order valence-corrected chi connectivity index (χ2v) is 8.03. The van der Waals surface area contributed by atoms with E-state index in [1.807, 2.05) is 0 Å². The molecule has 0 unspecified atom stereocenters. The predicted octanol–water partition coefficient (Wildman–Crippen LogP) is 3.28. The minimum absolute atomic E-state index is 0.0177. The van der Waals surface area contributed by atoms with Crippen molar-refractivity contribution in [2.75, 3.05) is 6.61 Å². The SMILES string of the molecule is C[C@]12COC(=O)C=C1CC[C@@H]1[C@@H]2CC[C@]2(C)C(=O)CC[C@@H]12. The summed E-state index contributed by atoms with van der Waals surface area (Å²) in [5.74, 6) is 2.09. The Morgan fingerprint density at radius 3 is 2.62 bits per heavy atom. The van der Waals surface area contributed by atoms with Gasteiger partial charge in [0.1, 0.15) is 12.4 Å². The molecule has 1 aliphatic heterocycles. The van der Waals surface area contributed by atoms with Crippen LogP contribution in [0.5, 0.6) is 0 Å². The summed E-state index contributed by atoms with van der Waals surface area (Å²) in [6.07, 6.45) is 7.88. The van der Waals surface area contributed by atoms with Crippen molar-refractivity contribution in [3.8, 4) is 0 Å². The molecule has 0 N–H and O–H groups in total. The van der Waals surface area contributed by atoms with E-state index in [0.717, 1.165) is 38.5 Å². The molecule has 0 radical (unpaired) electrons. The highest BCUT2D eigenvalue weighted by molar-refractivity contribution is 5.87. The first-order valence-corrected chi connectivity index (χ1v) is 8.36. The fourth-order valence-corrected chi connectivity index (χ4v) is 5.94. The molecule has 3 saturated carbocycles. The number of fused-ring (bicyclic) bond motifs is 5. The number of rotatable bonds is 0. The van der Waals surface area contributed by atoms with Crippen LogP contribution in [-0.2, 0) is 14.3 Å². The van der Waals surface area contributed by atoms with Gasteiger partial charge in [-0.1, -0.05) is 19.4 Å². The van der Waals surface area contributed by atoms with Crippen molar-refractivity contribution in [3.05, 3.63) is 11.6 Å². The summed E-state index contributed by atoms with van der Waals surface area (Å²) in [5.41, 5.74) is 1.25. The van der Waals surface area contributed by atoms with Gasteiger partial charge in [0.2, 0.25) is 0 Å². The summed E-state index contributed by atoms with van der Waals surface area (Å²) in [6, 6.07) is 0. The molecule has 0 aromatic carbocycles. The average Bonchev–Trinajstić information content (AvgIpc) is 2.76. The van der Waals surface area contributed by atoms with Gasteiger partial charge in [-0.2, -0.15) is 0 Å². The monoisotopic (exact) mass is 288 g/mol. The van der Waals surface area contributed by atoms with E-state index in [1.54, 1.807) is 6.08 Å². The Hall–Kier alpha value is -1.12. The van der Waals surface area contributed by atoms with Crippen LogP contribution >= 0.6 is 0 Å². The van der Waals surface area contributed by atoms with Crippen LogP contribution in [0.2, 0.25) is 0 Å². The molecule has 1 heterocycles. The summed E-state index contributed by atoms with van der Waals surface area (Å²) in [5, 5.41) is 0. The van der Waals surface area contributed by atoms with Crippen LogP contribution in [0.1, 0.15) is 52.4 Å².